The lowest BCUT2D eigenvalue weighted by atomic mass is 10.0. The number of para-hydroxylation sites is 1. The van der Waals surface area contributed by atoms with Gasteiger partial charge in [0.25, 0.3) is 0 Å². The second-order valence-electron chi connectivity index (χ2n) is 8.33. The molecule has 0 aliphatic rings. The third-order valence-corrected chi connectivity index (χ3v) is 7.71. The van der Waals surface area contributed by atoms with Crippen LogP contribution in [0.4, 0.5) is 4.79 Å². The summed E-state index contributed by atoms with van der Waals surface area (Å²) in [4.78, 5) is 16.1. The predicted molar refractivity (Wildman–Crippen MR) is 136 cm³/mol. The molecule has 8 heteroatoms. The topological polar surface area (TPSA) is 98.5 Å². The molecule has 0 spiro atoms. The predicted octanol–water partition coefficient (Wildman–Crippen LogP) is 5.94. The Morgan fingerprint density at radius 1 is 1.03 bits per heavy atom. The molecule has 35 heavy (non-hydrogen) atoms. The molecule has 182 valence electrons. The lowest BCUT2D eigenvalue weighted by Gasteiger charge is -2.12. The number of unbranched alkanes of at least 4 members (excludes halogenated alkanes) is 1. The van der Waals surface area contributed by atoms with Crippen LogP contribution in [0.15, 0.2) is 71.6 Å². The fourth-order valence-corrected chi connectivity index (χ4v) is 4.98. The van der Waals surface area contributed by atoms with Crippen molar-refractivity contribution in [2.45, 2.75) is 44.6 Å². The molecule has 1 aromatic heterocycles. The van der Waals surface area contributed by atoms with Gasteiger partial charge in [0.2, 0.25) is 0 Å². The van der Waals surface area contributed by atoms with Crippen molar-refractivity contribution in [1.29, 1.82) is 0 Å². The number of sulfone groups is 1. The fourth-order valence-electron chi connectivity index (χ4n) is 4.08. The summed E-state index contributed by atoms with van der Waals surface area (Å²) in [6.45, 7) is 4.31. The van der Waals surface area contributed by atoms with E-state index >= 15 is 0 Å². The Hall–Kier alpha value is -3.65. The number of aromatic nitrogens is 2. The number of benzene rings is 3. The first-order valence-corrected chi connectivity index (χ1v) is 13.3. The zero-order chi connectivity index (χ0) is 25.0. The van der Waals surface area contributed by atoms with Crippen LogP contribution in [0.1, 0.15) is 38.1 Å². The molecular weight excluding hydrogens is 464 g/mol. The molecule has 0 atom stereocenters. The molecule has 0 unspecified atom stereocenters. The maximum atomic E-state index is 12.5. The van der Waals surface area contributed by atoms with Gasteiger partial charge in [-0.05, 0) is 41.8 Å². The van der Waals surface area contributed by atoms with E-state index < -0.39 is 16.0 Å². The van der Waals surface area contributed by atoms with E-state index in [9.17, 15) is 13.2 Å². The van der Waals surface area contributed by atoms with Gasteiger partial charge in [-0.1, -0.05) is 62.7 Å². The Morgan fingerprint density at radius 3 is 2.46 bits per heavy atom. The minimum Gasteiger partial charge on any atom is -0.449 e. The lowest BCUT2D eigenvalue weighted by Crippen LogP contribution is -2.07. The monoisotopic (exact) mass is 492 g/mol. The van der Waals surface area contributed by atoms with Crippen molar-refractivity contribution in [3.05, 3.63) is 78.1 Å². The van der Waals surface area contributed by atoms with Gasteiger partial charge in [0.1, 0.15) is 11.6 Å². The van der Waals surface area contributed by atoms with E-state index in [1.807, 2.05) is 36.4 Å². The molecule has 0 radical (unpaired) electrons. The van der Waals surface area contributed by atoms with E-state index in [1.54, 1.807) is 37.3 Å². The Balaban J connectivity index is 1.71. The summed E-state index contributed by atoms with van der Waals surface area (Å²) < 4.78 is 32.0. The summed E-state index contributed by atoms with van der Waals surface area (Å²) in [6.07, 6.45) is 1.47. The Morgan fingerprint density at radius 2 is 1.77 bits per heavy atom. The summed E-state index contributed by atoms with van der Waals surface area (Å²) in [7, 11) is -3.33. The molecular formula is C27H28N2O5S. The average molecular weight is 493 g/mol. The largest absolute Gasteiger partial charge is 0.511 e. The number of fused-ring (bicyclic) bond motifs is 1. The smallest absolute Gasteiger partial charge is 0.449 e. The maximum Gasteiger partial charge on any atom is 0.511 e. The molecule has 0 bridgehead atoms. The van der Waals surface area contributed by atoms with Gasteiger partial charge in [0.15, 0.2) is 9.84 Å². The van der Waals surface area contributed by atoms with Crippen LogP contribution in [0.25, 0.3) is 22.2 Å². The van der Waals surface area contributed by atoms with E-state index in [2.05, 4.69) is 11.5 Å². The van der Waals surface area contributed by atoms with Crippen molar-refractivity contribution in [2.24, 2.45) is 0 Å². The molecule has 4 aromatic rings. The second-order valence-corrected chi connectivity index (χ2v) is 10.6. The van der Waals surface area contributed by atoms with Crippen molar-refractivity contribution in [1.82, 2.24) is 9.55 Å². The molecule has 0 fully saturated rings. The molecule has 0 aliphatic carbocycles. The minimum absolute atomic E-state index is 0.0455. The standard InChI is InChI=1S/C27H28N2O5S/c1-3-5-10-26-28-23-16-15-21(35(32,33)4-2)17-24(23)29(26)18-19-11-13-20(14-12-19)22-8-6-7-9-25(22)34-27(30)31/h6-9,11-17H,3-5,10,18H2,1-2H3,(H,30,31). The van der Waals surface area contributed by atoms with Crippen LogP contribution < -0.4 is 4.74 Å². The SMILES string of the molecule is CCCCc1nc2ccc(S(=O)(=O)CC)cc2n1Cc1ccc(-c2ccccc2OC(=O)O)cc1. The van der Waals surface area contributed by atoms with Crippen LogP contribution in [0.3, 0.4) is 0 Å². The maximum absolute atomic E-state index is 12.5. The highest BCUT2D eigenvalue weighted by Gasteiger charge is 2.17. The van der Waals surface area contributed by atoms with Crippen molar-refractivity contribution >= 4 is 27.0 Å². The summed E-state index contributed by atoms with van der Waals surface area (Å²) in [5, 5.41) is 9.02. The highest BCUT2D eigenvalue weighted by Crippen LogP contribution is 2.31. The molecule has 1 N–H and O–H groups in total. The summed E-state index contributed by atoms with van der Waals surface area (Å²) in [6, 6.07) is 20.0. The van der Waals surface area contributed by atoms with Gasteiger partial charge >= 0.3 is 6.16 Å². The van der Waals surface area contributed by atoms with Gasteiger partial charge < -0.3 is 14.4 Å². The quantitative estimate of drug-likeness (QED) is 0.229. The number of aryl methyl sites for hydroxylation is 1. The van der Waals surface area contributed by atoms with E-state index in [0.29, 0.717) is 17.0 Å². The Bertz CT molecular complexity index is 1460. The Labute approximate surface area is 204 Å². The van der Waals surface area contributed by atoms with Crippen LogP contribution in [0, 0.1) is 0 Å². The number of hydrogen-bond donors (Lipinski definition) is 1. The van der Waals surface area contributed by atoms with Crippen LogP contribution in [0.5, 0.6) is 5.75 Å². The molecule has 0 amide bonds. The number of imidazole rings is 1. The van der Waals surface area contributed by atoms with E-state index in [-0.39, 0.29) is 11.5 Å². The van der Waals surface area contributed by atoms with E-state index in [4.69, 9.17) is 14.8 Å². The van der Waals surface area contributed by atoms with Crippen LogP contribution >= 0.6 is 0 Å². The molecule has 0 saturated carbocycles. The zero-order valence-corrected chi connectivity index (χ0v) is 20.6. The van der Waals surface area contributed by atoms with Gasteiger partial charge in [-0.3, -0.25) is 0 Å². The number of rotatable bonds is 9. The zero-order valence-electron chi connectivity index (χ0n) is 19.8. The number of nitrogens with zero attached hydrogens (tertiary/aromatic N) is 2. The normalized spacial score (nSPS) is 11.6. The van der Waals surface area contributed by atoms with Crippen molar-refractivity contribution in [3.8, 4) is 16.9 Å². The van der Waals surface area contributed by atoms with Crippen molar-refractivity contribution in [3.63, 3.8) is 0 Å². The highest BCUT2D eigenvalue weighted by molar-refractivity contribution is 7.91. The first kappa shape index (κ1) is 24.5. The van der Waals surface area contributed by atoms with Crippen LogP contribution in [-0.4, -0.2) is 35.0 Å². The molecule has 1 heterocycles. The first-order chi connectivity index (χ1) is 16.8. The Kier molecular flexibility index (Phi) is 7.21. The summed E-state index contributed by atoms with van der Waals surface area (Å²) in [5.41, 5.74) is 4.12. The van der Waals surface area contributed by atoms with E-state index in [1.165, 1.54) is 0 Å². The number of hydrogen-bond acceptors (Lipinski definition) is 5. The van der Waals surface area contributed by atoms with Crippen molar-refractivity contribution in [2.75, 3.05) is 5.75 Å². The third kappa shape index (κ3) is 5.38. The van der Waals surface area contributed by atoms with Crippen LogP contribution in [0.2, 0.25) is 0 Å². The third-order valence-electron chi connectivity index (χ3n) is 5.98. The van der Waals surface area contributed by atoms with Gasteiger partial charge in [-0.2, -0.15) is 0 Å². The molecule has 3 aromatic carbocycles. The minimum atomic E-state index is -3.33. The average Bonchev–Trinajstić information content (AvgIpc) is 3.19. The van der Waals surface area contributed by atoms with Crippen molar-refractivity contribution < 1.29 is 23.1 Å². The highest BCUT2D eigenvalue weighted by atomic mass is 32.2. The summed E-state index contributed by atoms with van der Waals surface area (Å²) in [5.74, 6) is 1.25. The lowest BCUT2D eigenvalue weighted by molar-refractivity contribution is 0.144. The number of ether oxygens (including phenoxy) is 1. The molecule has 4 rings (SSSR count). The molecule has 0 saturated heterocycles. The van der Waals surface area contributed by atoms with E-state index in [0.717, 1.165) is 47.2 Å². The fraction of sp³-hybridized carbons (Fsp3) is 0.259. The van der Waals surface area contributed by atoms with Crippen LogP contribution in [-0.2, 0) is 22.8 Å². The van der Waals surface area contributed by atoms with Gasteiger partial charge in [-0.15, -0.1) is 0 Å². The second kappa shape index (κ2) is 10.3. The van der Waals surface area contributed by atoms with Gasteiger partial charge in [-0.25, -0.2) is 18.2 Å². The number of carboxylic acid groups (broad SMARTS) is 1. The number of carbonyl (C=O) groups is 1. The van der Waals surface area contributed by atoms with Gasteiger partial charge in [0.05, 0.1) is 21.7 Å². The van der Waals surface area contributed by atoms with Gasteiger partial charge in [0, 0.05) is 18.5 Å². The molecule has 7 nitrogen and oxygen atoms in total. The molecule has 0 aliphatic heterocycles. The summed E-state index contributed by atoms with van der Waals surface area (Å²) >= 11 is 0. The first-order valence-electron chi connectivity index (χ1n) is 11.6.